The van der Waals surface area contributed by atoms with Crippen molar-refractivity contribution in [1.82, 2.24) is 5.01 Å². The molecule has 2 amide bonds. The second-order valence-corrected chi connectivity index (χ2v) is 8.52. The van der Waals surface area contributed by atoms with Crippen LogP contribution in [0.15, 0.2) is 75.9 Å². The van der Waals surface area contributed by atoms with Crippen LogP contribution in [0.2, 0.25) is 0 Å². The zero-order valence-corrected chi connectivity index (χ0v) is 18.5. The molecule has 0 spiro atoms. The average Bonchev–Trinajstić information content (AvgIpc) is 3.02. The van der Waals surface area contributed by atoms with E-state index in [0.29, 0.717) is 5.57 Å². The number of fused-ring (bicyclic) bond motifs is 1. The first-order valence-electron chi connectivity index (χ1n) is 10.2. The number of nitrogens with one attached hydrogen (secondary N) is 2. The van der Waals surface area contributed by atoms with Crippen LogP contribution in [0.5, 0.6) is 0 Å². The van der Waals surface area contributed by atoms with E-state index in [2.05, 4.69) is 28.7 Å². The number of likely N-dealkylation sites (N-methyl/N-ethyl adjacent to an activating group) is 1. The molecule has 2 aromatic carbocycles. The van der Waals surface area contributed by atoms with Crippen molar-refractivity contribution < 1.29 is 9.59 Å². The third kappa shape index (κ3) is 4.41. The normalized spacial score (nSPS) is 17.6. The topological polar surface area (TPSA) is 73.8 Å². The fourth-order valence-electron chi connectivity index (χ4n) is 3.60. The highest BCUT2D eigenvalue weighted by Gasteiger charge is 2.31. The van der Waals surface area contributed by atoms with E-state index in [1.54, 1.807) is 18.8 Å². The molecule has 0 bridgehead atoms. The van der Waals surface area contributed by atoms with Crippen LogP contribution in [-0.4, -0.2) is 29.6 Å². The molecule has 0 saturated heterocycles. The van der Waals surface area contributed by atoms with Crippen molar-refractivity contribution in [1.29, 1.82) is 0 Å². The number of nitrogens with zero attached hydrogens (tertiary/aromatic N) is 2. The number of allylic oxidation sites excluding steroid dienone is 1. The van der Waals surface area contributed by atoms with Crippen LogP contribution in [-0.2, 0) is 9.59 Å². The molecule has 158 valence electrons. The summed E-state index contributed by atoms with van der Waals surface area (Å²) in [5.41, 5.74) is 5.03. The minimum Gasteiger partial charge on any atom is -0.354 e. The van der Waals surface area contributed by atoms with Gasteiger partial charge in [0.15, 0.2) is 0 Å². The Hall–Kier alpha value is -3.32. The van der Waals surface area contributed by atoms with Crippen molar-refractivity contribution in [2.24, 2.45) is 5.10 Å². The van der Waals surface area contributed by atoms with Gasteiger partial charge in [0.2, 0.25) is 5.91 Å². The summed E-state index contributed by atoms with van der Waals surface area (Å²) >= 11 is 1.62. The maximum atomic E-state index is 12.8. The average molecular weight is 433 g/mol. The molecular weight excluding hydrogens is 408 g/mol. The van der Waals surface area contributed by atoms with Gasteiger partial charge in [0, 0.05) is 40.7 Å². The summed E-state index contributed by atoms with van der Waals surface area (Å²) in [7, 11) is 1.69. The Balaban J connectivity index is 1.73. The van der Waals surface area contributed by atoms with Gasteiger partial charge >= 0.3 is 0 Å². The Morgan fingerprint density at radius 3 is 2.61 bits per heavy atom. The maximum Gasteiger partial charge on any atom is 0.277 e. The number of rotatable bonds is 5. The molecule has 2 aliphatic heterocycles. The Kier molecular flexibility index (Phi) is 5.95. The second-order valence-electron chi connectivity index (χ2n) is 7.40. The maximum absolute atomic E-state index is 12.8. The number of para-hydroxylation sites is 1. The number of benzene rings is 2. The first kappa shape index (κ1) is 20.9. The van der Waals surface area contributed by atoms with E-state index in [4.69, 9.17) is 0 Å². The molecule has 7 heteroatoms. The molecule has 2 heterocycles. The SMILES string of the molecule is CCCC1=NN(C)C(=O)/C1=C1/C=C(Sc2ccc(NC(C)=O)cc2)c2ccccc2N1. The Bertz CT molecular complexity index is 1130. The Morgan fingerprint density at radius 1 is 1.16 bits per heavy atom. The minimum atomic E-state index is -0.0950. The van der Waals surface area contributed by atoms with Crippen molar-refractivity contribution in [3.8, 4) is 0 Å². The van der Waals surface area contributed by atoms with Crippen LogP contribution in [0.25, 0.3) is 4.91 Å². The summed E-state index contributed by atoms with van der Waals surface area (Å²) in [6, 6.07) is 15.8. The molecule has 0 radical (unpaired) electrons. The molecule has 2 N–H and O–H groups in total. The molecule has 2 aromatic rings. The zero-order valence-electron chi connectivity index (χ0n) is 17.7. The highest BCUT2D eigenvalue weighted by Crippen LogP contribution is 2.42. The third-order valence-electron chi connectivity index (χ3n) is 4.96. The van der Waals surface area contributed by atoms with E-state index >= 15 is 0 Å². The van der Waals surface area contributed by atoms with Crippen LogP contribution in [0.1, 0.15) is 32.3 Å². The number of carbonyl (C=O) groups is 2. The van der Waals surface area contributed by atoms with Crippen LogP contribution in [0, 0.1) is 0 Å². The number of amides is 2. The van der Waals surface area contributed by atoms with Gasteiger partial charge in [0.1, 0.15) is 0 Å². The molecule has 0 atom stereocenters. The predicted molar refractivity (Wildman–Crippen MR) is 127 cm³/mol. The summed E-state index contributed by atoms with van der Waals surface area (Å²) < 4.78 is 0. The van der Waals surface area contributed by atoms with Gasteiger partial charge in [-0.3, -0.25) is 9.59 Å². The van der Waals surface area contributed by atoms with E-state index in [1.165, 1.54) is 11.9 Å². The van der Waals surface area contributed by atoms with Crippen LogP contribution >= 0.6 is 11.8 Å². The monoisotopic (exact) mass is 432 g/mol. The number of hydrogen-bond donors (Lipinski definition) is 2. The molecule has 31 heavy (non-hydrogen) atoms. The fraction of sp³-hybridized carbons (Fsp3) is 0.208. The summed E-state index contributed by atoms with van der Waals surface area (Å²) in [5.74, 6) is -0.187. The lowest BCUT2D eigenvalue weighted by Gasteiger charge is -2.22. The number of anilines is 2. The first-order valence-corrected chi connectivity index (χ1v) is 11.0. The molecule has 6 nitrogen and oxygen atoms in total. The van der Waals surface area contributed by atoms with Gasteiger partial charge in [0.25, 0.3) is 5.91 Å². The van der Waals surface area contributed by atoms with Gasteiger partial charge in [-0.1, -0.05) is 43.3 Å². The largest absolute Gasteiger partial charge is 0.354 e. The molecule has 0 aromatic heterocycles. The molecule has 0 unspecified atom stereocenters. The smallest absolute Gasteiger partial charge is 0.277 e. The van der Waals surface area contributed by atoms with Crippen molar-refractivity contribution >= 4 is 45.6 Å². The highest BCUT2D eigenvalue weighted by molar-refractivity contribution is 8.08. The lowest BCUT2D eigenvalue weighted by molar-refractivity contribution is -0.124. The third-order valence-corrected chi connectivity index (χ3v) is 6.03. The van der Waals surface area contributed by atoms with E-state index in [-0.39, 0.29) is 11.8 Å². The molecule has 0 aliphatic carbocycles. The van der Waals surface area contributed by atoms with Crippen LogP contribution in [0.4, 0.5) is 11.4 Å². The lowest BCUT2D eigenvalue weighted by atomic mass is 10.00. The van der Waals surface area contributed by atoms with Gasteiger partial charge in [-0.15, -0.1) is 0 Å². The van der Waals surface area contributed by atoms with Gasteiger partial charge in [-0.2, -0.15) is 5.10 Å². The fourth-order valence-corrected chi connectivity index (χ4v) is 4.59. The quantitative estimate of drug-likeness (QED) is 0.646. The van der Waals surface area contributed by atoms with E-state index < -0.39 is 0 Å². The molecule has 4 rings (SSSR count). The zero-order chi connectivity index (χ0) is 22.0. The molecular formula is C24H24N4O2S. The highest BCUT2D eigenvalue weighted by atomic mass is 32.2. The Labute approximate surface area is 186 Å². The lowest BCUT2D eigenvalue weighted by Crippen LogP contribution is -2.21. The van der Waals surface area contributed by atoms with E-state index in [1.807, 2.05) is 48.5 Å². The summed E-state index contributed by atoms with van der Waals surface area (Å²) in [4.78, 5) is 26.2. The van der Waals surface area contributed by atoms with Crippen LogP contribution < -0.4 is 10.6 Å². The number of hydrogen-bond acceptors (Lipinski definition) is 5. The standard InChI is InChI=1S/C24H24N4O2S/c1-4-7-20-23(24(30)28(3)27-20)21-14-22(18-8-5-6-9-19(18)26-21)31-17-12-10-16(11-13-17)25-15(2)29/h5-6,8-14,26H,4,7H2,1-3H3,(H,25,29)/b23-21-. The second kappa shape index (κ2) is 8.81. The van der Waals surface area contributed by atoms with Gasteiger partial charge in [-0.05, 0) is 42.8 Å². The number of carbonyl (C=O) groups excluding carboxylic acids is 2. The first-order chi connectivity index (χ1) is 15.0. The molecule has 0 saturated carbocycles. The molecule has 0 fully saturated rings. The van der Waals surface area contributed by atoms with Crippen molar-refractivity contribution in [2.75, 3.05) is 17.7 Å². The summed E-state index contributed by atoms with van der Waals surface area (Å²) in [6.45, 7) is 3.57. The van der Waals surface area contributed by atoms with Gasteiger partial charge in [0.05, 0.1) is 17.0 Å². The summed E-state index contributed by atoms with van der Waals surface area (Å²) in [5, 5.41) is 12.1. The van der Waals surface area contributed by atoms with Crippen molar-refractivity contribution in [2.45, 2.75) is 31.6 Å². The molecule has 2 aliphatic rings. The van der Waals surface area contributed by atoms with Crippen molar-refractivity contribution in [3.05, 3.63) is 71.4 Å². The van der Waals surface area contributed by atoms with Gasteiger partial charge < -0.3 is 10.6 Å². The number of thioether (sulfide) groups is 1. The predicted octanol–water partition coefficient (Wildman–Crippen LogP) is 5.09. The van der Waals surface area contributed by atoms with Crippen molar-refractivity contribution in [3.63, 3.8) is 0 Å². The van der Waals surface area contributed by atoms with E-state index in [9.17, 15) is 9.59 Å². The number of hydrazone groups is 1. The van der Waals surface area contributed by atoms with Gasteiger partial charge in [-0.25, -0.2) is 5.01 Å². The van der Waals surface area contributed by atoms with Crippen LogP contribution in [0.3, 0.4) is 0 Å². The summed E-state index contributed by atoms with van der Waals surface area (Å²) in [6.07, 6.45) is 3.70. The Morgan fingerprint density at radius 2 is 1.90 bits per heavy atom. The van der Waals surface area contributed by atoms with E-state index in [0.717, 1.165) is 51.0 Å². The minimum absolute atomic E-state index is 0.0920.